The van der Waals surface area contributed by atoms with Gasteiger partial charge in [0.1, 0.15) is 17.4 Å². The summed E-state index contributed by atoms with van der Waals surface area (Å²) in [6.07, 6.45) is 3.09. The normalized spacial score (nSPS) is 10.5. The van der Waals surface area contributed by atoms with Gasteiger partial charge in [-0.05, 0) is 36.2 Å². The minimum atomic E-state index is -0.182. The number of carbonyl (C=O) groups is 1. The molecular formula is C20H21N3O2S. The van der Waals surface area contributed by atoms with Crippen molar-refractivity contribution in [1.29, 1.82) is 0 Å². The fourth-order valence-corrected chi connectivity index (χ4v) is 3.11. The average Bonchev–Trinajstić information content (AvgIpc) is 3.13. The molecule has 0 aliphatic carbocycles. The Balaban J connectivity index is 1.54. The van der Waals surface area contributed by atoms with Crippen LogP contribution in [0.4, 0.5) is 5.13 Å². The number of ether oxygens (including phenoxy) is 1. The Kier molecular flexibility index (Phi) is 6.33. The third-order valence-corrected chi connectivity index (χ3v) is 4.69. The lowest BCUT2D eigenvalue weighted by molar-refractivity contribution is 0.102. The fraction of sp³-hybridized carbons (Fsp3) is 0.250. The minimum Gasteiger partial charge on any atom is -0.489 e. The number of aromatic nitrogens is 2. The van der Waals surface area contributed by atoms with Gasteiger partial charge in [-0.25, -0.2) is 0 Å². The van der Waals surface area contributed by atoms with Crippen LogP contribution in [0.2, 0.25) is 0 Å². The molecule has 0 atom stereocenters. The van der Waals surface area contributed by atoms with Gasteiger partial charge >= 0.3 is 0 Å². The quantitative estimate of drug-likeness (QED) is 0.626. The van der Waals surface area contributed by atoms with E-state index in [-0.39, 0.29) is 5.91 Å². The molecule has 0 radical (unpaired) electrons. The second-order valence-electron chi connectivity index (χ2n) is 5.86. The summed E-state index contributed by atoms with van der Waals surface area (Å²) in [6, 6.07) is 17.0. The maximum atomic E-state index is 12.3. The topological polar surface area (TPSA) is 64.1 Å². The van der Waals surface area contributed by atoms with E-state index in [0.29, 0.717) is 17.3 Å². The molecule has 1 amide bonds. The number of hydrogen-bond donors (Lipinski definition) is 1. The molecule has 0 bridgehead atoms. The van der Waals surface area contributed by atoms with Crippen LogP contribution in [0.3, 0.4) is 0 Å². The first-order valence-corrected chi connectivity index (χ1v) is 9.47. The summed E-state index contributed by atoms with van der Waals surface area (Å²) in [5.74, 6) is 0.642. The molecular weight excluding hydrogens is 346 g/mol. The zero-order valence-electron chi connectivity index (χ0n) is 14.6. The molecule has 0 fully saturated rings. The number of unbranched alkanes of at least 4 members (excludes halogenated alkanes) is 1. The summed E-state index contributed by atoms with van der Waals surface area (Å²) >= 11 is 1.43. The number of carbonyl (C=O) groups excluding carboxylic acids is 1. The zero-order valence-corrected chi connectivity index (χ0v) is 15.5. The van der Waals surface area contributed by atoms with E-state index in [4.69, 9.17) is 4.74 Å². The van der Waals surface area contributed by atoms with Crippen molar-refractivity contribution in [2.45, 2.75) is 32.8 Å². The molecule has 3 aromatic rings. The average molecular weight is 367 g/mol. The molecule has 2 aromatic carbocycles. The van der Waals surface area contributed by atoms with E-state index in [1.165, 1.54) is 11.3 Å². The number of para-hydroxylation sites is 1. The first-order valence-electron chi connectivity index (χ1n) is 8.65. The van der Waals surface area contributed by atoms with E-state index in [1.807, 2.05) is 42.5 Å². The van der Waals surface area contributed by atoms with Crippen LogP contribution in [-0.4, -0.2) is 16.1 Å². The van der Waals surface area contributed by atoms with Crippen molar-refractivity contribution >= 4 is 22.4 Å². The SMILES string of the molecule is CCCCc1nnc(NC(=O)c2ccc(COc3ccccc3)cc2)s1. The summed E-state index contributed by atoms with van der Waals surface area (Å²) in [6.45, 7) is 2.60. The molecule has 0 aliphatic rings. The maximum Gasteiger partial charge on any atom is 0.257 e. The lowest BCUT2D eigenvalue weighted by Gasteiger charge is -2.07. The second-order valence-corrected chi connectivity index (χ2v) is 6.92. The van der Waals surface area contributed by atoms with Gasteiger partial charge in [0.2, 0.25) is 5.13 Å². The number of nitrogens with zero attached hydrogens (tertiary/aromatic N) is 2. The predicted molar refractivity (Wildman–Crippen MR) is 104 cm³/mol. The molecule has 1 N–H and O–H groups in total. The van der Waals surface area contributed by atoms with E-state index in [9.17, 15) is 4.79 Å². The van der Waals surface area contributed by atoms with Crippen LogP contribution >= 0.6 is 11.3 Å². The van der Waals surface area contributed by atoms with Gasteiger partial charge in [0.15, 0.2) is 0 Å². The van der Waals surface area contributed by atoms with Crippen molar-refractivity contribution in [2.75, 3.05) is 5.32 Å². The number of rotatable bonds is 8. The molecule has 1 aromatic heterocycles. The van der Waals surface area contributed by atoms with Crippen LogP contribution < -0.4 is 10.1 Å². The Morgan fingerprint density at radius 2 is 1.85 bits per heavy atom. The first-order chi connectivity index (χ1) is 12.7. The van der Waals surface area contributed by atoms with E-state index < -0.39 is 0 Å². The molecule has 0 saturated heterocycles. The Morgan fingerprint density at radius 1 is 1.08 bits per heavy atom. The van der Waals surface area contributed by atoms with Gasteiger partial charge in [0, 0.05) is 12.0 Å². The Bertz CT molecular complexity index is 832. The van der Waals surface area contributed by atoms with Crippen LogP contribution in [0.1, 0.15) is 40.7 Å². The van der Waals surface area contributed by atoms with Gasteiger partial charge in [-0.3, -0.25) is 10.1 Å². The van der Waals surface area contributed by atoms with Gasteiger partial charge in [-0.1, -0.05) is 55.0 Å². The van der Waals surface area contributed by atoms with Crippen LogP contribution in [0, 0.1) is 0 Å². The lowest BCUT2D eigenvalue weighted by Crippen LogP contribution is -2.11. The Labute approximate surface area is 157 Å². The Hall–Kier alpha value is -2.73. The van der Waals surface area contributed by atoms with E-state index in [0.717, 1.165) is 35.6 Å². The van der Waals surface area contributed by atoms with Gasteiger partial charge in [-0.2, -0.15) is 0 Å². The highest BCUT2D eigenvalue weighted by molar-refractivity contribution is 7.15. The van der Waals surface area contributed by atoms with E-state index in [1.54, 1.807) is 12.1 Å². The molecule has 134 valence electrons. The van der Waals surface area contributed by atoms with E-state index >= 15 is 0 Å². The second kappa shape index (κ2) is 9.10. The third kappa shape index (κ3) is 5.13. The number of aryl methyl sites for hydroxylation is 1. The van der Waals surface area contributed by atoms with Crippen LogP contribution in [0.15, 0.2) is 54.6 Å². The molecule has 0 aliphatic heterocycles. The molecule has 0 unspecified atom stereocenters. The van der Waals surface area contributed by atoms with Gasteiger partial charge in [-0.15, -0.1) is 10.2 Å². The fourth-order valence-electron chi connectivity index (χ4n) is 2.34. The molecule has 0 saturated carbocycles. The van der Waals surface area contributed by atoms with Crippen molar-refractivity contribution < 1.29 is 9.53 Å². The third-order valence-electron chi connectivity index (χ3n) is 3.80. The van der Waals surface area contributed by atoms with Gasteiger partial charge in [0.05, 0.1) is 0 Å². The summed E-state index contributed by atoms with van der Waals surface area (Å²) in [7, 11) is 0. The first kappa shape index (κ1) is 18.1. The van der Waals surface area contributed by atoms with Crippen LogP contribution in [-0.2, 0) is 13.0 Å². The molecule has 5 nitrogen and oxygen atoms in total. The van der Waals surface area contributed by atoms with Gasteiger partial charge < -0.3 is 4.74 Å². The molecule has 0 spiro atoms. The predicted octanol–water partition coefficient (Wildman–Crippen LogP) is 4.71. The highest BCUT2D eigenvalue weighted by atomic mass is 32.1. The van der Waals surface area contributed by atoms with Crippen LogP contribution in [0.25, 0.3) is 0 Å². The maximum absolute atomic E-state index is 12.3. The van der Waals surface area contributed by atoms with Crippen molar-refractivity contribution in [3.05, 3.63) is 70.7 Å². The molecule has 26 heavy (non-hydrogen) atoms. The summed E-state index contributed by atoms with van der Waals surface area (Å²) in [5, 5.41) is 12.4. The molecule has 6 heteroatoms. The highest BCUT2D eigenvalue weighted by Crippen LogP contribution is 2.18. The zero-order chi connectivity index (χ0) is 18.2. The van der Waals surface area contributed by atoms with Gasteiger partial charge in [0.25, 0.3) is 5.91 Å². The van der Waals surface area contributed by atoms with Crippen molar-refractivity contribution in [3.8, 4) is 5.75 Å². The number of amides is 1. The van der Waals surface area contributed by atoms with Crippen LogP contribution in [0.5, 0.6) is 5.75 Å². The number of anilines is 1. The smallest absolute Gasteiger partial charge is 0.257 e. The monoisotopic (exact) mass is 367 g/mol. The van der Waals surface area contributed by atoms with Crippen molar-refractivity contribution in [2.24, 2.45) is 0 Å². The lowest BCUT2D eigenvalue weighted by atomic mass is 10.1. The van der Waals surface area contributed by atoms with E-state index in [2.05, 4.69) is 22.4 Å². The summed E-state index contributed by atoms with van der Waals surface area (Å²) in [4.78, 5) is 12.3. The number of hydrogen-bond acceptors (Lipinski definition) is 5. The largest absolute Gasteiger partial charge is 0.489 e. The summed E-state index contributed by atoms with van der Waals surface area (Å²) in [5.41, 5.74) is 1.59. The minimum absolute atomic E-state index is 0.182. The number of nitrogens with one attached hydrogen (secondary N) is 1. The summed E-state index contributed by atoms with van der Waals surface area (Å²) < 4.78 is 5.71. The molecule has 3 rings (SSSR count). The Morgan fingerprint density at radius 3 is 2.58 bits per heavy atom. The highest BCUT2D eigenvalue weighted by Gasteiger charge is 2.10. The van der Waals surface area contributed by atoms with Crippen molar-refractivity contribution in [3.63, 3.8) is 0 Å². The van der Waals surface area contributed by atoms with Crippen molar-refractivity contribution in [1.82, 2.24) is 10.2 Å². The standard InChI is InChI=1S/C20H21N3O2S/c1-2-3-9-18-22-23-20(26-18)21-19(24)16-12-10-15(11-13-16)14-25-17-7-5-4-6-8-17/h4-8,10-13H,2-3,9,14H2,1H3,(H,21,23,24). The molecule has 1 heterocycles. The number of benzene rings is 2.